The maximum atomic E-state index is 12.3. The van der Waals surface area contributed by atoms with E-state index in [0.717, 1.165) is 0 Å². The van der Waals surface area contributed by atoms with Crippen LogP contribution in [-0.2, 0) is 23.9 Å². The van der Waals surface area contributed by atoms with Crippen LogP contribution in [0.1, 0.15) is 13.3 Å². The number of amides is 1. The van der Waals surface area contributed by atoms with E-state index in [0.29, 0.717) is 0 Å². The Balaban J connectivity index is 2.63. The number of carbonyl (C=O) groups excluding carboxylic acids is 4. The molecule has 0 aromatic rings. The van der Waals surface area contributed by atoms with Crippen LogP contribution in [0.15, 0.2) is 0 Å². The van der Waals surface area contributed by atoms with Gasteiger partial charge in [-0.25, -0.2) is 0 Å². The van der Waals surface area contributed by atoms with Crippen LogP contribution in [-0.4, -0.2) is 46.6 Å². The molecule has 1 aliphatic heterocycles. The lowest BCUT2D eigenvalue weighted by molar-refractivity contribution is -0.173. The molecule has 6 nitrogen and oxygen atoms in total. The molecule has 0 aromatic heterocycles. The summed E-state index contributed by atoms with van der Waals surface area (Å²) in [5.41, 5.74) is -0.922. The van der Waals surface area contributed by atoms with Gasteiger partial charge in [0.05, 0.1) is 5.66 Å². The summed E-state index contributed by atoms with van der Waals surface area (Å²) >= 11 is 0. The lowest BCUT2D eigenvalue weighted by Crippen LogP contribution is -2.57. The summed E-state index contributed by atoms with van der Waals surface area (Å²) in [6, 6.07) is 0. The first-order valence-electron chi connectivity index (χ1n) is 6.23. The molecule has 1 heterocycles. The van der Waals surface area contributed by atoms with Gasteiger partial charge < -0.3 is 10.1 Å². The van der Waals surface area contributed by atoms with Gasteiger partial charge in [0.1, 0.15) is 17.2 Å². The second kappa shape index (κ2) is 9.37. The average molecular weight is 419 g/mol. The molecule has 12 heteroatoms. The van der Waals surface area contributed by atoms with Crippen LogP contribution in [0.2, 0.25) is 0 Å². The molecular formula is C10H19NO5P6. The minimum atomic E-state index is -0.863. The van der Waals surface area contributed by atoms with Crippen molar-refractivity contribution in [1.29, 1.82) is 0 Å². The molecule has 0 spiro atoms. The number of carbonyl (C=O) groups is 4. The summed E-state index contributed by atoms with van der Waals surface area (Å²) in [5.74, 6) is -1.84. The third kappa shape index (κ3) is 5.45. The number of hydrogen-bond acceptors (Lipinski definition) is 5. The van der Waals surface area contributed by atoms with Crippen molar-refractivity contribution in [3.05, 3.63) is 0 Å². The standard InChI is InChI=1S/C10H19NO5P6/c1-3(12)5(22(19)20)2-4(13)9(21-18)11-8(14)6-7(17)10(15)16-6/h5-7,9,21H,2,17-20H2,1H3,(H,11,14)/t5-,6-,7+,9+/m1/s1. The van der Waals surface area contributed by atoms with E-state index in [1.807, 2.05) is 0 Å². The van der Waals surface area contributed by atoms with Crippen molar-refractivity contribution < 1.29 is 23.9 Å². The van der Waals surface area contributed by atoms with Crippen molar-refractivity contribution in [2.45, 2.75) is 36.5 Å². The fourth-order valence-corrected chi connectivity index (χ4v) is 6.12. The lowest BCUT2D eigenvalue weighted by Gasteiger charge is -2.32. The lowest BCUT2D eigenvalue weighted by atomic mass is 10.1. The molecule has 1 amide bonds. The maximum absolute atomic E-state index is 12.3. The van der Waals surface area contributed by atoms with Gasteiger partial charge in [0, 0.05) is 6.42 Å². The van der Waals surface area contributed by atoms with Gasteiger partial charge in [0.25, 0.3) is 5.91 Å². The van der Waals surface area contributed by atoms with E-state index < -0.39 is 36.7 Å². The van der Waals surface area contributed by atoms with E-state index in [4.69, 9.17) is 4.74 Å². The number of esters is 1. The number of nitrogens with one attached hydrogen (secondary N) is 1. The molecule has 0 aliphatic carbocycles. The number of ether oxygens (including phenoxy) is 1. The molecule has 0 radical (unpaired) electrons. The second-order valence-electron chi connectivity index (χ2n) is 4.74. The van der Waals surface area contributed by atoms with Gasteiger partial charge in [-0.1, -0.05) is 15.6 Å². The van der Waals surface area contributed by atoms with E-state index in [1.165, 1.54) is 6.92 Å². The van der Waals surface area contributed by atoms with Crippen LogP contribution < -0.4 is 5.32 Å². The normalized spacial score (nSPS) is 23.8. The van der Waals surface area contributed by atoms with Gasteiger partial charge in [-0.15, -0.1) is 36.0 Å². The number of ketones is 2. The largest absolute Gasteiger partial charge is 0.450 e. The van der Waals surface area contributed by atoms with Crippen molar-refractivity contribution in [2.75, 3.05) is 0 Å². The van der Waals surface area contributed by atoms with Crippen LogP contribution in [0, 0.1) is 0 Å². The predicted molar refractivity (Wildman–Crippen MR) is 104 cm³/mol. The molecule has 1 fully saturated rings. The Morgan fingerprint density at radius 1 is 1.41 bits per heavy atom. The third-order valence-electron chi connectivity index (χ3n) is 3.10. The zero-order valence-electron chi connectivity index (χ0n) is 11.8. The van der Waals surface area contributed by atoms with Crippen LogP contribution in [0.5, 0.6) is 0 Å². The quantitative estimate of drug-likeness (QED) is 0.470. The highest BCUT2D eigenvalue weighted by atomic mass is 32.4. The van der Waals surface area contributed by atoms with E-state index in [9.17, 15) is 19.2 Å². The molecule has 1 aliphatic rings. The predicted octanol–water partition coefficient (Wildman–Crippen LogP) is 1.05. The summed E-state index contributed by atoms with van der Waals surface area (Å²) in [7, 11) is 9.15. The fourth-order valence-electron chi connectivity index (χ4n) is 1.75. The zero-order valence-corrected chi connectivity index (χ0v) is 18.3. The Hall–Kier alpha value is 0.860. The van der Waals surface area contributed by atoms with Gasteiger partial charge in [-0.05, 0) is 6.92 Å². The van der Waals surface area contributed by atoms with Crippen molar-refractivity contribution in [1.82, 2.24) is 5.32 Å². The number of hydrogen-bond donors (Lipinski definition) is 1. The van der Waals surface area contributed by atoms with Gasteiger partial charge in [0.15, 0.2) is 11.9 Å². The van der Waals surface area contributed by atoms with Crippen LogP contribution in [0.4, 0.5) is 0 Å². The van der Waals surface area contributed by atoms with Gasteiger partial charge in [0.2, 0.25) is 0 Å². The Morgan fingerprint density at radius 3 is 2.36 bits per heavy atom. The second-order valence-corrected chi connectivity index (χ2v) is 14.2. The first-order chi connectivity index (χ1) is 10.2. The summed E-state index contributed by atoms with van der Waals surface area (Å²) in [6.45, 7) is 1.46. The Labute approximate surface area is 141 Å². The van der Waals surface area contributed by atoms with E-state index in [2.05, 4.69) is 41.3 Å². The highest BCUT2D eigenvalue weighted by molar-refractivity contribution is 8.43. The Bertz CT molecular complexity index is 486. The maximum Gasteiger partial charge on any atom is 0.317 e. The topological polar surface area (TPSA) is 89.5 Å². The number of Topliss-reactive ketones (excluding diaryl/α,β-unsaturated/α-hetero) is 2. The van der Waals surface area contributed by atoms with E-state index in [1.54, 1.807) is 0 Å². The van der Waals surface area contributed by atoms with Gasteiger partial charge in [-0.2, -0.15) is 0 Å². The molecule has 22 heavy (non-hydrogen) atoms. The van der Waals surface area contributed by atoms with Crippen molar-refractivity contribution >= 4 is 75.0 Å². The highest BCUT2D eigenvalue weighted by Crippen LogP contribution is 2.58. The van der Waals surface area contributed by atoms with Crippen molar-refractivity contribution in [3.8, 4) is 0 Å². The molecule has 5 unspecified atom stereocenters. The Morgan fingerprint density at radius 2 is 2.00 bits per heavy atom. The molecule has 1 saturated heterocycles. The third-order valence-corrected chi connectivity index (χ3v) is 8.95. The van der Waals surface area contributed by atoms with Crippen LogP contribution in [0.25, 0.3) is 0 Å². The smallest absolute Gasteiger partial charge is 0.317 e. The van der Waals surface area contributed by atoms with Crippen LogP contribution >= 0.6 is 51.6 Å². The molecule has 1 rings (SSSR count). The van der Waals surface area contributed by atoms with Crippen molar-refractivity contribution in [2.24, 2.45) is 0 Å². The molecule has 0 saturated carbocycles. The minimum absolute atomic E-state index is 0.0421. The highest BCUT2D eigenvalue weighted by Gasteiger charge is 2.45. The summed E-state index contributed by atoms with van der Waals surface area (Å²) in [4.78, 5) is 46.9. The molecule has 1 N–H and O–H groups in total. The summed E-state index contributed by atoms with van der Waals surface area (Å²) in [6.07, 6.45) is -0.770. The first-order valence-corrected chi connectivity index (χ1v) is 14.4. The summed E-state index contributed by atoms with van der Waals surface area (Å²) < 4.78 is 4.75. The first kappa shape index (κ1) is 20.9. The Kier molecular flexibility index (Phi) is 8.90. The summed E-state index contributed by atoms with van der Waals surface area (Å²) in [5, 5.41) is 2.60. The van der Waals surface area contributed by atoms with E-state index in [-0.39, 0.29) is 31.9 Å². The molecule has 124 valence electrons. The minimum Gasteiger partial charge on any atom is -0.450 e. The van der Waals surface area contributed by atoms with Crippen LogP contribution in [0.3, 0.4) is 0 Å². The molecule has 0 bridgehead atoms. The fraction of sp³-hybridized carbons (Fsp3) is 0.600. The molecule has 0 aromatic carbocycles. The average Bonchev–Trinajstić information content (AvgIpc) is 2.45. The van der Waals surface area contributed by atoms with E-state index >= 15 is 0 Å². The zero-order chi connectivity index (χ0) is 17.0. The molecule has 9 atom stereocenters. The number of cyclic esters (lactones) is 1. The van der Waals surface area contributed by atoms with Gasteiger partial charge in [-0.3, -0.25) is 19.2 Å². The van der Waals surface area contributed by atoms with Gasteiger partial charge >= 0.3 is 5.97 Å². The monoisotopic (exact) mass is 419 g/mol. The van der Waals surface area contributed by atoms with Crippen molar-refractivity contribution in [3.63, 3.8) is 0 Å². The SMILES string of the molecule is CC(=O)[C@@H](CC(=O)[C@@H](NC(=O)[C@@H]1OC(=O)[C@H]1P)PP)P(P)P. The molecular weight excluding hydrogens is 400 g/mol. The number of rotatable bonds is 8.